The lowest BCUT2D eigenvalue weighted by Gasteiger charge is -2.26. The number of methoxy groups -OCH3 is 1. The molecule has 0 saturated carbocycles. The highest BCUT2D eigenvalue weighted by Gasteiger charge is 2.41. The smallest absolute Gasteiger partial charge is 0.273 e. The lowest BCUT2D eigenvalue weighted by Crippen LogP contribution is -2.30. The summed E-state index contributed by atoms with van der Waals surface area (Å²) in [6, 6.07) is 15.6. The molecule has 0 aliphatic carbocycles. The van der Waals surface area contributed by atoms with Crippen molar-refractivity contribution in [2.75, 3.05) is 20.3 Å². The summed E-state index contributed by atoms with van der Waals surface area (Å²) in [5.41, 5.74) is 4.31. The number of H-pyrrole nitrogens is 1. The molecule has 2 heterocycles. The summed E-state index contributed by atoms with van der Waals surface area (Å²) in [5, 5.41) is 7.50. The number of hydrogen-bond acceptors (Lipinski definition) is 4. The largest absolute Gasteiger partial charge is 0.497 e. The van der Waals surface area contributed by atoms with Gasteiger partial charge in [-0.15, -0.1) is 0 Å². The second-order valence-corrected chi connectivity index (χ2v) is 7.41. The maximum Gasteiger partial charge on any atom is 0.273 e. The molecule has 156 valence electrons. The number of aromatic amines is 1. The maximum absolute atomic E-state index is 13.1. The summed E-state index contributed by atoms with van der Waals surface area (Å²) >= 11 is 0. The summed E-state index contributed by atoms with van der Waals surface area (Å²) in [5.74, 6) is 1.62. The minimum atomic E-state index is -0.177. The number of benzene rings is 2. The van der Waals surface area contributed by atoms with Gasteiger partial charge in [-0.05, 0) is 54.8 Å². The van der Waals surface area contributed by atoms with Crippen LogP contribution in [0.15, 0.2) is 48.5 Å². The third kappa shape index (κ3) is 3.54. The fraction of sp³-hybridized carbons (Fsp3) is 0.333. The number of fused-ring (bicyclic) bond motifs is 1. The van der Waals surface area contributed by atoms with Crippen LogP contribution in [0.3, 0.4) is 0 Å². The van der Waals surface area contributed by atoms with Crippen molar-refractivity contribution in [3.05, 3.63) is 65.4 Å². The first-order chi connectivity index (χ1) is 14.7. The van der Waals surface area contributed by atoms with Gasteiger partial charge in [-0.3, -0.25) is 9.89 Å². The highest BCUT2D eigenvalue weighted by molar-refractivity contribution is 6.00. The normalized spacial score (nSPS) is 15.4. The van der Waals surface area contributed by atoms with Crippen molar-refractivity contribution in [1.82, 2.24) is 15.1 Å². The lowest BCUT2D eigenvalue weighted by atomic mass is 9.96. The van der Waals surface area contributed by atoms with Crippen LogP contribution >= 0.6 is 0 Å². The minimum absolute atomic E-state index is 0.00424. The van der Waals surface area contributed by atoms with Crippen molar-refractivity contribution in [3.8, 4) is 22.8 Å². The Kier molecular flexibility index (Phi) is 5.74. The molecule has 0 bridgehead atoms. The molecule has 0 radical (unpaired) electrons. The highest BCUT2D eigenvalue weighted by Crippen LogP contribution is 2.43. The Bertz CT molecular complexity index is 1010. The van der Waals surface area contributed by atoms with Gasteiger partial charge in [0.05, 0.1) is 25.5 Å². The van der Waals surface area contributed by atoms with Gasteiger partial charge in [0.25, 0.3) is 5.91 Å². The summed E-state index contributed by atoms with van der Waals surface area (Å²) < 4.78 is 11.0. The van der Waals surface area contributed by atoms with Gasteiger partial charge < -0.3 is 14.4 Å². The third-order valence-electron chi connectivity index (χ3n) is 5.36. The van der Waals surface area contributed by atoms with Gasteiger partial charge >= 0.3 is 0 Å². The van der Waals surface area contributed by atoms with E-state index in [1.54, 1.807) is 7.11 Å². The molecule has 1 atom stereocenters. The fourth-order valence-electron chi connectivity index (χ4n) is 3.95. The van der Waals surface area contributed by atoms with E-state index in [0.29, 0.717) is 18.8 Å². The van der Waals surface area contributed by atoms with Gasteiger partial charge in [-0.25, -0.2) is 0 Å². The Balaban J connectivity index is 1.76. The van der Waals surface area contributed by atoms with Gasteiger partial charge in [0, 0.05) is 17.7 Å². The predicted octanol–water partition coefficient (Wildman–Crippen LogP) is 4.83. The van der Waals surface area contributed by atoms with E-state index < -0.39 is 0 Å². The Labute approximate surface area is 176 Å². The number of aromatic nitrogens is 2. The van der Waals surface area contributed by atoms with Gasteiger partial charge in [-0.2, -0.15) is 5.10 Å². The second kappa shape index (κ2) is 8.61. The molecule has 1 aliphatic rings. The van der Waals surface area contributed by atoms with E-state index in [1.807, 2.05) is 53.4 Å². The van der Waals surface area contributed by atoms with Crippen LogP contribution in [-0.2, 0) is 0 Å². The SMILES string of the molecule is CCCOc1ccc(C2c3c(-c4ccc(OC)cc4)n[nH]c3C(=O)N2CCC)cc1. The molecule has 1 aromatic heterocycles. The lowest BCUT2D eigenvalue weighted by molar-refractivity contribution is 0.0744. The zero-order chi connectivity index (χ0) is 21.1. The molecule has 1 unspecified atom stereocenters. The molecule has 0 spiro atoms. The standard InChI is InChI=1S/C24H27N3O3/c1-4-14-27-23(17-8-12-19(13-9-17)30-15-5-2)20-21(25-26-22(20)24(27)28)16-6-10-18(29-3)11-7-16/h6-13,23H,4-5,14-15H2,1-3H3,(H,25,26). The van der Waals surface area contributed by atoms with E-state index in [2.05, 4.69) is 24.0 Å². The minimum Gasteiger partial charge on any atom is -0.497 e. The molecule has 1 amide bonds. The van der Waals surface area contributed by atoms with Crippen LogP contribution in [0.5, 0.6) is 11.5 Å². The van der Waals surface area contributed by atoms with Crippen LogP contribution in [0.4, 0.5) is 0 Å². The second-order valence-electron chi connectivity index (χ2n) is 7.41. The number of rotatable bonds is 8. The van der Waals surface area contributed by atoms with Crippen molar-refractivity contribution in [2.24, 2.45) is 0 Å². The average molecular weight is 405 g/mol. The predicted molar refractivity (Wildman–Crippen MR) is 116 cm³/mol. The van der Waals surface area contributed by atoms with E-state index >= 15 is 0 Å². The molecule has 0 fully saturated rings. The van der Waals surface area contributed by atoms with Gasteiger partial charge in [0.2, 0.25) is 0 Å². The monoisotopic (exact) mass is 405 g/mol. The van der Waals surface area contributed by atoms with Gasteiger partial charge in [0.15, 0.2) is 0 Å². The quantitative estimate of drug-likeness (QED) is 0.583. The Morgan fingerprint density at radius 3 is 2.33 bits per heavy atom. The molecular formula is C24H27N3O3. The summed E-state index contributed by atoms with van der Waals surface area (Å²) in [4.78, 5) is 15.1. The van der Waals surface area contributed by atoms with Crippen molar-refractivity contribution < 1.29 is 14.3 Å². The van der Waals surface area contributed by atoms with Crippen molar-refractivity contribution in [1.29, 1.82) is 0 Å². The Morgan fingerprint density at radius 2 is 1.70 bits per heavy atom. The van der Waals surface area contributed by atoms with Crippen LogP contribution in [0.2, 0.25) is 0 Å². The zero-order valence-corrected chi connectivity index (χ0v) is 17.6. The summed E-state index contributed by atoms with van der Waals surface area (Å²) in [6.07, 6.45) is 1.85. The molecular weight excluding hydrogens is 378 g/mol. The number of carbonyl (C=O) groups excluding carboxylic acids is 1. The molecule has 4 rings (SSSR count). The molecule has 6 heteroatoms. The highest BCUT2D eigenvalue weighted by atomic mass is 16.5. The Hall–Kier alpha value is -3.28. The molecule has 1 aliphatic heterocycles. The van der Waals surface area contributed by atoms with Gasteiger partial charge in [-0.1, -0.05) is 26.0 Å². The Morgan fingerprint density at radius 1 is 1.00 bits per heavy atom. The van der Waals surface area contributed by atoms with E-state index in [4.69, 9.17) is 9.47 Å². The zero-order valence-electron chi connectivity index (χ0n) is 17.6. The average Bonchev–Trinajstić information content (AvgIpc) is 3.32. The molecule has 2 aromatic carbocycles. The van der Waals surface area contributed by atoms with Crippen LogP contribution < -0.4 is 9.47 Å². The number of ether oxygens (including phenoxy) is 2. The molecule has 1 N–H and O–H groups in total. The maximum atomic E-state index is 13.1. The van der Waals surface area contributed by atoms with E-state index in [0.717, 1.165) is 46.7 Å². The van der Waals surface area contributed by atoms with Crippen molar-refractivity contribution >= 4 is 5.91 Å². The number of carbonyl (C=O) groups is 1. The summed E-state index contributed by atoms with van der Waals surface area (Å²) in [6.45, 7) is 5.54. The first-order valence-electron chi connectivity index (χ1n) is 10.4. The van der Waals surface area contributed by atoms with E-state index in [9.17, 15) is 4.79 Å². The van der Waals surface area contributed by atoms with Crippen LogP contribution in [0.25, 0.3) is 11.3 Å². The fourth-order valence-corrected chi connectivity index (χ4v) is 3.95. The van der Waals surface area contributed by atoms with Gasteiger partial charge in [0.1, 0.15) is 17.2 Å². The number of nitrogens with zero attached hydrogens (tertiary/aromatic N) is 2. The van der Waals surface area contributed by atoms with Crippen LogP contribution in [-0.4, -0.2) is 41.3 Å². The van der Waals surface area contributed by atoms with Crippen molar-refractivity contribution in [3.63, 3.8) is 0 Å². The molecule has 6 nitrogen and oxygen atoms in total. The number of hydrogen-bond donors (Lipinski definition) is 1. The molecule has 3 aromatic rings. The summed E-state index contributed by atoms with van der Waals surface area (Å²) in [7, 11) is 1.65. The molecule has 0 saturated heterocycles. The van der Waals surface area contributed by atoms with Crippen LogP contribution in [0, 0.1) is 0 Å². The number of amides is 1. The first-order valence-corrected chi connectivity index (χ1v) is 10.4. The van der Waals surface area contributed by atoms with E-state index in [-0.39, 0.29) is 11.9 Å². The molecule has 30 heavy (non-hydrogen) atoms. The third-order valence-corrected chi connectivity index (χ3v) is 5.36. The first kappa shape index (κ1) is 20.0. The topological polar surface area (TPSA) is 67.5 Å². The van der Waals surface area contributed by atoms with E-state index in [1.165, 1.54) is 0 Å². The van der Waals surface area contributed by atoms with Crippen molar-refractivity contribution in [2.45, 2.75) is 32.7 Å². The number of nitrogens with one attached hydrogen (secondary N) is 1. The van der Waals surface area contributed by atoms with Crippen LogP contribution in [0.1, 0.15) is 54.3 Å².